The predicted octanol–water partition coefficient (Wildman–Crippen LogP) is 3.39. The Morgan fingerprint density at radius 2 is 1.92 bits per heavy atom. The van der Waals surface area contributed by atoms with Crippen molar-refractivity contribution in [3.05, 3.63) is 0 Å². The molecule has 0 heterocycles. The first kappa shape index (κ1) is 10.5. The van der Waals surface area contributed by atoms with Gasteiger partial charge in [-0.3, -0.25) is 4.79 Å². The summed E-state index contributed by atoms with van der Waals surface area (Å²) < 4.78 is 0. The van der Waals surface area contributed by atoms with Crippen molar-refractivity contribution in [3.63, 3.8) is 0 Å². The van der Waals surface area contributed by atoms with Gasteiger partial charge in [-0.1, -0.05) is 35.2 Å². The molecule has 1 aliphatic carbocycles. The number of alkyl halides is 1. The first-order valence-electron chi connectivity index (χ1n) is 4.30. The van der Waals surface area contributed by atoms with Gasteiger partial charge in [0.1, 0.15) is 0 Å². The van der Waals surface area contributed by atoms with Gasteiger partial charge >= 0.3 is 0 Å². The minimum atomic E-state index is -0.130. The molecule has 2 nitrogen and oxygen atoms in total. The Labute approximate surface area is 89.7 Å². The van der Waals surface area contributed by atoms with Gasteiger partial charge in [-0.15, -0.1) is 0 Å². The smallest absolute Gasteiger partial charge is 0.288 e. The topological polar surface area (TPSA) is 29.1 Å². The fraction of sp³-hybridized carbons (Fsp3) is 0.875. The van der Waals surface area contributed by atoms with Gasteiger partial charge in [0.25, 0.3) is 4.82 Å². The monoisotopic (exact) mass is 297 g/mol. The summed E-state index contributed by atoms with van der Waals surface area (Å²) in [6, 6.07) is 0. The van der Waals surface area contributed by atoms with Gasteiger partial charge in [-0.05, 0) is 18.8 Å². The van der Waals surface area contributed by atoms with Crippen LogP contribution in [0.4, 0.5) is 4.79 Å². The van der Waals surface area contributed by atoms with Crippen molar-refractivity contribution < 1.29 is 4.79 Å². The summed E-state index contributed by atoms with van der Waals surface area (Å²) in [6.45, 7) is 0. The van der Waals surface area contributed by atoms with Gasteiger partial charge < -0.3 is 5.32 Å². The molecule has 1 saturated carbocycles. The lowest BCUT2D eigenvalue weighted by molar-refractivity contribution is 0.255. The molecular formula is C8H13Br2NO. The number of hydrogen-bond acceptors (Lipinski definition) is 1. The fourth-order valence-corrected chi connectivity index (χ4v) is 2.94. The van der Waals surface area contributed by atoms with E-state index in [9.17, 15) is 4.79 Å². The molecule has 1 atom stereocenters. The van der Waals surface area contributed by atoms with Crippen LogP contribution in [-0.2, 0) is 0 Å². The van der Waals surface area contributed by atoms with Gasteiger partial charge in [-0.2, -0.15) is 0 Å². The molecule has 0 radical (unpaired) electrons. The van der Waals surface area contributed by atoms with Gasteiger partial charge in [-0.25, -0.2) is 0 Å². The maximum Gasteiger partial charge on any atom is 0.288 e. The van der Waals surface area contributed by atoms with E-state index in [4.69, 9.17) is 0 Å². The number of hydrogen-bond donors (Lipinski definition) is 1. The van der Waals surface area contributed by atoms with E-state index in [1.807, 2.05) is 0 Å². The molecule has 0 aliphatic heterocycles. The predicted molar refractivity (Wildman–Crippen MR) is 56.7 cm³/mol. The zero-order valence-corrected chi connectivity index (χ0v) is 10.0. The van der Waals surface area contributed by atoms with E-state index in [2.05, 4.69) is 37.2 Å². The Bertz CT molecular complexity index is 157. The Hall–Kier alpha value is 0.430. The van der Waals surface area contributed by atoms with Gasteiger partial charge in [0.05, 0.1) is 4.95 Å². The maximum atomic E-state index is 10.7. The second-order valence-electron chi connectivity index (χ2n) is 3.22. The zero-order chi connectivity index (χ0) is 8.97. The summed E-state index contributed by atoms with van der Waals surface area (Å²) in [7, 11) is 0. The van der Waals surface area contributed by atoms with Crippen LogP contribution in [0.15, 0.2) is 0 Å². The molecule has 1 fully saturated rings. The molecule has 0 aromatic rings. The number of carbonyl (C=O) groups is 1. The highest BCUT2D eigenvalue weighted by atomic mass is 79.9. The Morgan fingerprint density at radius 1 is 1.33 bits per heavy atom. The number of carbonyl (C=O) groups excluding carboxylic acids is 1. The molecule has 1 rings (SSSR count). The second-order valence-corrected chi connectivity index (χ2v) is 4.92. The molecule has 1 unspecified atom stereocenters. The van der Waals surface area contributed by atoms with Gasteiger partial charge in [0.2, 0.25) is 0 Å². The van der Waals surface area contributed by atoms with Crippen LogP contribution < -0.4 is 5.32 Å². The fourth-order valence-electron chi connectivity index (χ4n) is 1.65. The first-order valence-corrected chi connectivity index (χ1v) is 6.01. The molecule has 0 aromatic carbocycles. The van der Waals surface area contributed by atoms with Crippen LogP contribution in [0, 0.1) is 5.92 Å². The zero-order valence-electron chi connectivity index (χ0n) is 6.85. The molecule has 1 amide bonds. The molecule has 0 spiro atoms. The molecule has 1 N–H and O–H groups in total. The van der Waals surface area contributed by atoms with Crippen LogP contribution in [0.2, 0.25) is 0 Å². The summed E-state index contributed by atoms with van der Waals surface area (Å²) in [5, 5.41) is 2.81. The number of rotatable bonds is 2. The molecular weight excluding hydrogens is 286 g/mol. The molecule has 1 aliphatic rings. The Kier molecular flexibility index (Phi) is 4.57. The van der Waals surface area contributed by atoms with Crippen molar-refractivity contribution >= 4 is 36.7 Å². The SMILES string of the molecule is O=C(Br)NC(Br)C1CCCCC1. The summed E-state index contributed by atoms with van der Waals surface area (Å²) >= 11 is 6.34. The van der Waals surface area contributed by atoms with E-state index < -0.39 is 0 Å². The molecule has 12 heavy (non-hydrogen) atoms. The average Bonchev–Trinajstić information content (AvgIpc) is 2.05. The number of nitrogens with one attached hydrogen (secondary N) is 1. The first-order chi connectivity index (χ1) is 5.70. The molecule has 0 aromatic heterocycles. The van der Waals surface area contributed by atoms with Crippen LogP contribution in [0.25, 0.3) is 0 Å². The summed E-state index contributed by atoms with van der Waals surface area (Å²) in [4.78, 5) is 10.7. The van der Waals surface area contributed by atoms with Crippen molar-refractivity contribution in [3.8, 4) is 0 Å². The van der Waals surface area contributed by atoms with E-state index in [0.717, 1.165) is 0 Å². The normalized spacial score (nSPS) is 21.8. The third kappa shape index (κ3) is 3.44. The maximum absolute atomic E-state index is 10.7. The Balaban J connectivity index is 2.29. The lowest BCUT2D eigenvalue weighted by atomic mass is 9.89. The number of halogens is 2. The molecule has 70 valence electrons. The highest BCUT2D eigenvalue weighted by Gasteiger charge is 2.21. The van der Waals surface area contributed by atoms with Crippen molar-refractivity contribution in [1.82, 2.24) is 5.32 Å². The number of amides is 1. The van der Waals surface area contributed by atoms with E-state index >= 15 is 0 Å². The largest absolute Gasteiger partial charge is 0.334 e. The third-order valence-corrected chi connectivity index (χ3v) is 3.52. The average molecular weight is 299 g/mol. The van der Waals surface area contributed by atoms with Crippen LogP contribution in [0.5, 0.6) is 0 Å². The second kappa shape index (κ2) is 5.22. The van der Waals surface area contributed by atoms with Gasteiger partial charge in [0, 0.05) is 15.9 Å². The minimum Gasteiger partial charge on any atom is -0.334 e. The minimum absolute atomic E-state index is 0.130. The highest BCUT2D eigenvalue weighted by molar-refractivity contribution is 9.18. The summed E-state index contributed by atoms with van der Waals surface area (Å²) in [6.07, 6.45) is 6.39. The molecule has 0 bridgehead atoms. The van der Waals surface area contributed by atoms with E-state index in [1.54, 1.807) is 0 Å². The standard InChI is InChI=1S/C8H13Br2NO/c9-7(11-8(10)12)6-4-2-1-3-5-6/h6-7H,1-5H2,(H,11,12). The van der Waals surface area contributed by atoms with E-state index in [1.165, 1.54) is 32.1 Å². The van der Waals surface area contributed by atoms with Crippen LogP contribution in [0.3, 0.4) is 0 Å². The van der Waals surface area contributed by atoms with Crippen molar-refractivity contribution in [2.75, 3.05) is 0 Å². The molecule has 0 saturated heterocycles. The van der Waals surface area contributed by atoms with Gasteiger partial charge in [0.15, 0.2) is 0 Å². The van der Waals surface area contributed by atoms with Crippen molar-refractivity contribution in [2.24, 2.45) is 5.92 Å². The highest BCUT2D eigenvalue weighted by Crippen LogP contribution is 2.28. The van der Waals surface area contributed by atoms with E-state index in [-0.39, 0.29) is 9.77 Å². The van der Waals surface area contributed by atoms with Crippen LogP contribution in [-0.4, -0.2) is 9.77 Å². The molecule has 4 heteroatoms. The summed E-state index contributed by atoms with van der Waals surface area (Å²) in [5.74, 6) is 0.611. The van der Waals surface area contributed by atoms with Crippen LogP contribution >= 0.6 is 31.9 Å². The Morgan fingerprint density at radius 3 is 2.42 bits per heavy atom. The lowest BCUT2D eigenvalue weighted by Gasteiger charge is -2.26. The van der Waals surface area contributed by atoms with Crippen molar-refractivity contribution in [2.45, 2.75) is 37.1 Å². The van der Waals surface area contributed by atoms with E-state index in [0.29, 0.717) is 5.92 Å². The summed E-state index contributed by atoms with van der Waals surface area (Å²) in [5.41, 5.74) is 0. The quantitative estimate of drug-likeness (QED) is 0.472. The third-order valence-electron chi connectivity index (χ3n) is 2.32. The lowest BCUT2D eigenvalue weighted by Crippen LogP contribution is -2.33. The van der Waals surface area contributed by atoms with Crippen LogP contribution in [0.1, 0.15) is 32.1 Å². The van der Waals surface area contributed by atoms with Crippen molar-refractivity contribution in [1.29, 1.82) is 0 Å².